The molecule has 1 rings (SSSR count). The first-order chi connectivity index (χ1) is 6.93. The summed E-state index contributed by atoms with van der Waals surface area (Å²) in [5, 5.41) is 18.5. The van der Waals surface area contributed by atoms with Crippen LogP contribution in [0.25, 0.3) is 0 Å². The molecule has 0 bridgehead atoms. The molecule has 2 N–H and O–H groups in total. The lowest BCUT2D eigenvalue weighted by Gasteiger charge is -2.16. The molecule has 5 heteroatoms. The highest BCUT2D eigenvalue weighted by Gasteiger charge is 2.17. The number of nitrogens with zero attached hydrogens (tertiary/aromatic N) is 1. The largest absolute Gasteiger partial charge is 0.479 e. The SMILES string of the molecule is CN(C)c1cc(C(O)C(=O)O)ccc1Cl. The molecule has 0 aliphatic rings. The van der Waals surface area contributed by atoms with Crippen molar-refractivity contribution >= 4 is 23.3 Å². The van der Waals surface area contributed by atoms with Gasteiger partial charge in [0.05, 0.1) is 10.7 Å². The van der Waals surface area contributed by atoms with E-state index in [2.05, 4.69) is 0 Å². The number of benzene rings is 1. The summed E-state index contributed by atoms with van der Waals surface area (Å²) >= 11 is 5.90. The van der Waals surface area contributed by atoms with Crippen LogP contribution < -0.4 is 4.90 Å². The van der Waals surface area contributed by atoms with Gasteiger partial charge in [-0.25, -0.2) is 4.79 Å². The van der Waals surface area contributed by atoms with Gasteiger partial charge >= 0.3 is 5.97 Å². The Balaban J connectivity index is 3.13. The lowest BCUT2D eigenvalue weighted by Crippen LogP contribution is -2.13. The van der Waals surface area contributed by atoms with Crippen LogP contribution in [0.3, 0.4) is 0 Å². The molecule has 0 saturated heterocycles. The summed E-state index contributed by atoms with van der Waals surface area (Å²) in [6.07, 6.45) is -1.51. The van der Waals surface area contributed by atoms with Crippen LogP contribution in [0, 0.1) is 0 Å². The number of aliphatic carboxylic acids is 1. The molecule has 4 nitrogen and oxygen atoms in total. The molecule has 1 aromatic carbocycles. The lowest BCUT2D eigenvalue weighted by molar-refractivity contribution is -0.146. The number of rotatable bonds is 3. The second-order valence-corrected chi connectivity index (χ2v) is 3.75. The van der Waals surface area contributed by atoms with Crippen molar-refractivity contribution in [3.63, 3.8) is 0 Å². The maximum Gasteiger partial charge on any atom is 0.337 e. The number of carbonyl (C=O) groups is 1. The van der Waals surface area contributed by atoms with Gasteiger partial charge in [0, 0.05) is 14.1 Å². The van der Waals surface area contributed by atoms with Crippen LogP contribution in [0.4, 0.5) is 5.69 Å². The molecule has 82 valence electrons. The zero-order valence-electron chi connectivity index (χ0n) is 8.44. The second kappa shape index (κ2) is 4.51. The predicted molar refractivity (Wildman–Crippen MR) is 58.4 cm³/mol. The summed E-state index contributed by atoms with van der Waals surface area (Å²) in [7, 11) is 3.58. The van der Waals surface area contributed by atoms with Gasteiger partial charge in [0.25, 0.3) is 0 Å². The van der Waals surface area contributed by atoms with E-state index in [4.69, 9.17) is 16.7 Å². The molecule has 0 fully saturated rings. The Bertz CT molecular complexity index is 379. The summed E-state index contributed by atoms with van der Waals surface area (Å²) in [5.74, 6) is -1.28. The molecule has 0 radical (unpaired) electrons. The van der Waals surface area contributed by atoms with Gasteiger partial charge in [0.2, 0.25) is 0 Å². The van der Waals surface area contributed by atoms with Gasteiger partial charge in [-0.2, -0.15) is 0 Å². The molecule has 0 amide bonds. The van der Waals surface area contributed by atoms with E-state index in [0.29, 0.717) is 16.3 Å². The fraction of sp³-hybridized carbons (Fsp3) is 0.300. The van der Waals surface area contributed by atoms with Crippen molar-refractivity contribution < 1.29 is 15.0 Å². The van der Waals surface area contributed by atoms with Crippen LogP contribution in [0.2, 0.25) is 5.02 Å². The molecule has 0 aliphatic carbocycles. The minimum absolute atomic E-state index is 0.315. The summed E-state index contributed by atoms with van der Waals surface area (Å²) in [5.41, 5.74) is 0.991. The van der Waals surface area contributed by atoms with E-state index in [0.717, 1.165) is 0 Å². The predicted octanol–water partition coefficient (Wildman–Crippen LogP) is 1.52. The molecule has 0 heterocycles. The number of aliphatic hydroxyl groups excluding tert-OH is 1. The molecular weight excluding hydrogens is 218 g/mol. The van der Waals surface area contributed by atoms with Gasteiger partial charge in [0.1, 0.15) is 0 Å². The molecule has 0 saturated carbocycles. The minimum Gasteiger partial charge on any atom is -0.479 e. The molecule has 0 spiro atoms. The summed E-state index contributed by atoms with van der Waals surface area (Å²) < 4.78 is 0. The molecule has 1 unspecified atom stereocenters. The maximum absolute atomic E-state index is 10.6. The van der Waals surface area contributed by atoms with Crippen LogP contribution >= 0.6 is 11.6 Å². The van der Waals surface area contributed by atoms with Crippen molar-refractivity contribution in [2.24, 2.45) is 0 Å². The van der Waals surface area contributed by atoms with E-state index in [9.17, 15) is 9.90 Å². The fourth-order valence-electron chi connectivity index (χ4n) is 1.19. The monoisotopic (exact) mass is 229 g/mol. The molecule has 1 atom stereocenters. The van der Waals surface area contributed by atoms with Crippen LogP contribution in [0.15, 0.2) is 18.2 Å². The third-order valence-electron chi connectivity index (χ3n) is 2.00. The van der Waals surface area contributed by atoms with Gasteiger partial charge in [-0.3, -0.25) is 0 Å². The second-order valence-electron chi connectivity index (χ2n) is 3.35. The smallest absolute Gasteiger partial charge is 0.337 e. The third kappa shape index (κ3) is 2.61. The molecule has 0 aliphatic heterocycles. The highest BCUT2D eigenvalue weighted by atomic mass is 35.5. The van der Waals surface area contributed by atoms with Gasteiger partial charge in [-0.05, 0) is 17.7 Å². The standard InChI is InChI=1S/C10H12ClNO3/c1-12(2)8-5-6(3-4-7(8)11)9(13)10(14)15/h3-5,9,13H,1-2H3,(H,14,15). The number of halogens is 1. The fourth-order valence-corrected chi connectivity index (χ4v) is 1.47. The highest BCUT2D eigenvalue weighted by Crippen LogP contribution is 2.27. The average molecular weight is 230 g/mol. The topological polar surface area (TPSA) is 60.8 Å². The third-order valence-corrected chi connectivity index (χ3v) is 2.32. The van der Waals surface area contributed by atoms with Crippen molar-refractivity contribution in [3.8, 4) is 0 Å². The summed E-state index contributed by atoms with van der Waals surface area (Å²) in [6, 6.07) is 4.62. The van der Waals surface area contributed by atoms with E-state index in [-0.39, 0.29) is 0 Å². The summed E-state index contributed by atoms with van der Waals surface area (Å²) in [4.78, 5) is 12.3. The number of carboxylic acid groups (broad SMARTS) is 1. The number of hydrogen-bond donors (Lipinski definition) is 2. The zero-order chi connectivity index (χ0) is 11.6. The Morgan fingerprint density at radius 1 is 1.47 bits per heavy atom. The van der Waals surface area contributed by atoms with E-state index in [1.54, 1.807) is 31.1 Å². The van der Waals surface area contributed by atoms with E-state index >= 15 is 0 Å². The first kappa shape index (κ1) is 11.8. The van der Waals surface area contributed by atoms with Crippen molar-refractivity contribution in [3.05, 3.63) is 28.8 Å². The molecular formula is C10H12ClNO3. The number of carboxylic acids is 1. The van der Waals surface area contributed by atoms with Crippen molar-refractivity contribution in [1.29, 1.82) is 0 Å². The van der Waals surface area contributed by atoms with Crippen molar-refractivity contribution in [2.75, 3.05) is 19.0 Å². The van der Waals surface area contributed by atoms with E-state index in [1.807, 2.05) is 0 Å². The van der Waals surface area contributed by atoms with Gasteiger partial charge in [-0.15, -0.1) is 0 Å². The average Bonchev–Trinajstić information content (AvgIpc) is 2.16. The van der Waals surface area contributed by atoms with Crippen molar-refractivity contribution in [1.82, 2.24) is 0 Å². The number of aliphatic hydroxyl groups is 1. The molecule has 1 aromatic rings. The Morgan fingerprint density at radius 2 is 2.07 bits per heavy atom. The Labute approximate surface area is 92.7 Å². The van der Waals surface area contributed by atoms with E-state index in [1.165, 1.54) is 6.07 Å². The number of anilines is 1. The Kier molecular flexibility index (Phi) is 3.55. The highest BCUT2D eigenvalue weighted by molar-refractivity contribution is 6.33. The first-order valence-electron chi connectivity index (χ1n) is 4.31. The zero-order valence-corrected chi connectivity index (χ0v) is 9.19. The molecule has 0 aromatic heterocycles. The number of hydrogen-bond acceptors (Lipinski definition) is 3. The van der Waals surface area contributed by atoms with Crippen LogP contribution in [0.1, 0.15) is 11.7 Å². The minimum atomic E-state index is -1.51. The lowest BCUT2D eigenvalue weighted by atomic mass is 10.1. The van der Waals surface area contributed by atoms with Gasteiger partial charge in [-0.1, -0.05) is 17.7 Å². The normalized spacial score (nSPS) is 12.3. The maximum atomic E-state index is 10.6. The Morgan fingerprint density at radius 3 is 2.53 bits per heavy atom. The molecule has 15 heavy (non-hydrogen) atoms. The quantitative estimate of drug-likeness (QED) is 0.825. The van der Waals surface area contributed by atoms with Crippen LogP contribution in [-0.4, -0.2) is 30.3 Å². The van der Waals surface area contributed by atoms with Gasteiger partial charge < -0.3 is 15.1 Å². The summed E-state index contributed by atoms with van der Waals surface area (Å²) in [6.45, 7) is 0. The van der Waals surface area contributed by atoms with Crippen molar-refractivity contribution in [2.45, 2.75) is 6.10 Å². The first-order valence-corrected chi connectivity index (χ1v) is 4.69. The Hall–Kier alpha value is -1.26. The van der Waals surface area contributed by atoms with Gasteiger partial charge in [0.15, 0.2) is 6.10 Å². The van der Waals surface area contributed by atoms with Crippen LogP contribution in [-0.2, 0) is 4.79 Å². The van der Waals surface area contributed by atoms with Crippen LogP contribution in [0.5, 0.6) is 0 Å². The van der Waals surface area contributed by atoms with E-state index < -0.39 is 12.1 Å².